The van der Waals surface area contributed by atoms with Crippen LogP contribution in [0.15, 0.2) is 0 Å². The number of rotatable bonds is 3. The largest absolute Gasteiger partial charge is 0.316 e. The van der Waals surface area contributed by atoms with Gasteiger partial charge in [0.2, 0.25) is 5.91 Å². The molecule has 122 valence electrons. The van der Waals surface area contributed by atoms with Crippen LogP contribution in [0.1, 0.15) is 49.7 Å². The predicted molar refractivity (Wildman–Crippen MR) is 89.8 cm³/mol. The number of carbonyl (C=O) groups is 1. The van der Waals surface area contributed by atoms with E-state index in [4.69, 9.17) is 9.97 Å². The van der Waals surface area contributed by atoms with Crippen LogP contribution in [0.5, 0.6) is 0 Å². The zero-order valence-corrected chi connectivity index (χ0v) is 14.4. The van der Waals surface area contributed by atoms with Crippen molar-refractivity contribution < 1.29 is 4.79 Å². The van der Waals surface area contributed by atoms with E-state index in [2.05, 4.69) is 26.1 Å². The standard InChI is InChI=1S/C16H24N4O.ClH/c1-10(2)9-20-14(21)5-4-13-11(3)18-15(19-16(13)20)12-6-7-17-8-12;/h10,12,17H,4-9H2,1-3H3;1H. The first-order valence-corrected chi connectivity index (χ1v) is 7.94. The molecule has 0 bridgehead atoms. The number of amides is 1. The fourth-order valence-corrected chi connectivity index (χ4v) is 3.21. The van der Waals surface area contributed by atoms with Crippen LogP contribution >= 0.6 is 12.4 Å². The molecule has 1 amide bonds. The van der Waals surface area contributed by atoms with E-state index in [1.54, 1.807) is 0 Å². The van der Waals surface area contributed by atoms with Gasteiger partial charge in [0.15, 0.2) is 0 Å². The summed E-state index contributed by atoms with van der Waals surface area (Å²) in [5.41, 5.74) is 2.20. The summed E-state index contributed by atoms with van der Waals surface area (Å²) in [5.74, 6) is 2.79. The van der Waals surface area contributed by atoms with Gasteiger partial charge in [-0.3, -0.25) is 9.69 Å². The fourth-order valence-electron chi connectivity index (χ4n) is 3.21. The van der Waals surface area contributed by atoms with Crippen molar-refractivity contribution in [3.8, 4) is 0 Å². The number of aryl methyl sites for hydroxylation is 1. The van der Waals surface area contributed by atoms with Crippen LogP contribution in [0.3, 0.4) is 0 Å². The Morgan fingerprint density at radius 2 is 2.09 bits per heavy atom. The van der Waals surface area contributed by atoms with Crippen LogP contribution in [-0.2, 0) is 11.2 Å². The highest BCUT2D eigenvalue weighted by atomic mass is 35.5. The molecular weight excluding hydrogens is 300 g/mol. The molecule has 5 nitrogen and oxygen atoms in total. The molecule has 0 spiro atoms. The van der Waals surface area contributed by atoms with E-state index in [-0.39, 0.29) is 18.3 Å². The lowest BCUT2D eigenvalue weighted by molar-refractivity contribution is -0.119. The minimum absolute atomic E-state index is 0. The summed E-state index contributed by atoms with van der Waals surface area (Å²) in [5, 5.41) is 3.36. The van der Waals surface area contributed by atoms with Crippen molar-refractivity contribution in [2.24, 2.45) is 5.92 Å². The van der Waals surface area contributed by atoms with Crippen LogP contribution in [0.25, 0.3) is 0 Å². The Kier molecular flexibility index (Phi) is 5.40. The topological polar surface area (TPSA) is 58.1 Å². The lowest BCUT2D eigenvalue weighted by Crippen LogP contribution is -2.39. The Bertz CT molecular complexity index is 555. The van der Waals surface area contributed by atoms with Gasteiger partial charge in [-0.05, 0) is 32.2 Å². The van der Waals surface area contributed by atoms with Crippen LogP contribution in [0.4, 0.5) is 5.82 Å². The van der Waals surface area contributed by atoms with Gasteiger partial charge in [0.25, 0.3) is 0 Å². The lowest BCUT2D eigenvalue weighted by atomic mass is 10.0. The quantitative estimate of drug-likeness (QED) is 0.926. The molecule has 3 heterocycles. The first-order chi connectivity index (χ1) is 10.1. The normalized spacial score (nSPS) is 21.0. The van der Waals surface area contributed by atoms with Gasteiger partial charge in [-0.1, -0.05) is 13.8 Å². The molecule has 1 unspecified atom stereocenters. The first-order valence-electron chi connectivity index (χ1n) is 7.94. The minimum Gasteiger partial charge on any atom is -0.316 e. The van der Waals surface area contributed by atoms with Gasteiger partial charge in [-0.15, -0.1) is 12.4 Å². The van der Waals surface area contributed by atoms with E-state index in [9.17, 15) is 4.79 Å². The average Bonchev–Trinajstić information content (AvgIpc) is 2.95. The molecule has 1 aromatic rings. The molecule has 0 radical (unpaired) electrons. The molecule has 0 aromatic carbocycles. The van der Waals surface area contributed by atoms with Crippen LogP contribution in [0.2, 0.25) is 0 Å². The molecule has 2 aliphatic heterocycles. The van der Waals surface area contributed by atoms with Gasteiger partial charge in [0.1, 0.15) is 11.6 Å². The van der Waals surface area contributed by atoms with Crippen molar-refractivity contribution in [3.05, 3.63) is 17.1 Å². The Hall–Kier alpha value is -1.20. The Balaban J connectivity index is 0.00000176. The van der Waals surface area contributed by atoms with E-state index in [1.807, 2.05) is 4.90 Å². The molecule has 6 heteroatoms. The number of halogens is 1. The summed E-state index contributed by atoms with van der Waals surface area (Å²) < 4.78 is 0. The smallest absolute Gasteiger partial charge is 0.228 e. The third-order valence-corrected chi connectivity index (χ3v) is 4.33. The number of nitrogens with zero attached hydrogens (tertiary/aromatic N) is 3. The molecule has 1 atom stereocenters. The number of anilines is 1. The highest BCUT2D eigenvalue weighted by Crippen LogP contribution is 2.31. The van der Waals surface area contributed by atoms with Gasteiger partial charge in [0, 0.05) is 36.7 Å². The highest BCUT2D eigenvalue weighted by molar-refractivity contribution is 5.95. The van der Waals surface area contributed by atoms with Crippen molar-refractivity contribution in [3.63, 3.8) is 0 Å². The molecule has 1 saturated heterocycles. The average molecular weight is 325 g/mol. The molecule has 1 aromatic heterocycles. The van der Waals surface area contributed by atoms with E-state index < -0.39 is 0 Å². The van der Waals surface area contributed by atoms with E-state index in [0.717, 1.165) is 55.4 Å². The predicted octanol–water partition coefficient (Wildman–Crippen LogP) is 2.22. The summed E-state index contributed by atoms with van der Waals surface area (Å²) in [6.45, 7) is 9.03. The van der Waals surface area contributed by atoms with E-state index >= 15 is 0 Å². The molecule has 1 N–H and O–H groups in total. The second-order valence-electron chi connectivity index (χ2n) is 6.56. The van der Waals surface area contributed by atoms with Crippen LogP contribution < -0.4 is 10.2 Å². The van der Waals surface area contributed by atoms with Gasteiger partial charge < -0.3 is 5.32 Å². The van der Waals surface area contributed by atoms with Crippen molar-refractivity contribution in [2.75, 3.05) is 24.5 Å². The lowest BCUT2D eigenvalue weighted by Gasteiger charge is -2.31. The molecule has 0 aliphatic carbocycles. The van der Waals surface area contributed by atoms with Crippen molar-refractivity contribution >= 4 is 24.1 Å². The highest BCUT2D eigenvalue weighted by Gasteiger charge is 2.30. The third kappa shape index (κ3) is 3.25. The van der Waals surface area contributed by atoms with Crippen molar-refractivity contribution in [2.45, 2.75) is 46.0 Å². The van der Waals surface area contributed by atoms with Gasteiger partial charge >= 0.3 is 0 Å². The van der Waals surface area contributed by atoms with Crippen molar-refractivity contribution in [1.82, 2.24) is 15.3 Å². The monoisotopic (exact) mass is 324 g/mol. The SMILES string of the molecule is Cc1nc(C2CCNC2)nc2c1CCC(=O)N2CC(C)C.Cl. The second kappa shape index (κ2) is 6.92. The summed E-state index contributed by atoms with van der Waals surface area (Å²) in [4.78, 5) is 23.7. The van der Waals surface area contributed by atoms with Gasteiger partial charge in [-0.2, -0.15) is 0 Å². The number of hydrogen-bond donors (Lipinski definition) is 1. The molecule has 2 aliphatic rings. The summed E-state index contributed by atoms with van der Waals surface area (Å²) in [6.07, 6.45) is 2.43. The Labute approximate surface area is 138 Å². The van der Waals surface area contributed by atoms with Crippen LogP contribution in [0, 0.1) is 12.8 Å². The second-order valence-corrected chi connectivity index (χ2v) is 6.56. The third-order valence-electron chi connectivity index (χ3n) is 4.33. The Morgan fingerprint density at radius 1 is 1.32 bits per heavy atom. The number of hydrogen-bond acceptors (Lipinski definition) is 4. The molecule has 0 saturated carbocycles. The summed E-state index contributed by atoms with van der Waals surface area (Å²) >= 11 is 0. The molecule has 1 fully saturated rings. The number of nitrogens with one attached hydrogen (secondary N) is 1. The number of fused-ring (bicyclic) bond motifs is 1. The fraction of sp³-hybridized carbons (Fsp3) is 0.688. The number of aromatic nitrogens is 2. The van der Waals surface area contributed by atoms with Gasteiger partial charge in [0.05, 0.1) is 0 Å². The first kappa shape index (κ1) is 17.2. The zero-order chi connectivity index (χ0) is 15.0. The maximum atomic E-state index is 12.3. The zero-order valence-electron chi connectivity index (χ0n) is 13.6. The molecule has 3 rings (SSSR count). The van der Waals surface area contributed by atoms with Crippen LogP contribution in [-0.4, -0.2) is 35.5 Å². The maximum Gasteiger partial charge on any atom is 0.228 e. The van der Waals surface area contributed by atoms with Gasteiger partial charge in [-0.25, -0.2) is 9.97 Å². The van der Waals surface area contributed by atoms with Crippen molar-refractivity contribution in [1.29, 1.82) is 0 Å². The minimum atomic E-state index is 0. The van der Waals surface area contributed by atoms with E-state index in [1.165, 1.54) is 0 Å². The number of carbonyl (C=O) groups excluding carboxylic acids is 1. The summed E-state index contributed by atoms with van der Waals surface area (Å²) in [7, 11) is 0. The maximum absolute atomic E-state index is 12.3. The Morgan fingerprint density at radius 3 is 2.73 bits per heavy atom. The molecular formula is C16H25ClN4O. The van der Waals surface area contributed by atoms with E-state index in [0.29, 0.717) is 18.3 Å². The molecule has 22 heavy (non-hydrogen) atoms. The summed E-state index contributed by atoms with van der Waals surface area (Å²) in [6, 6.07) is 0.